The van der Waals surface area contributed by atoms with Crippen LogP contribution in [0.15, 0.2) is 11.4 Å². The number of carbonyl (C=O) groups is 2. The highest BCUT2D eigenvalue weighted by Gasteiger charge is 2.40. The molecule has 0 atom stereocenters. The smallest absolute Gasteiger partial charge is 0.324 e. The lowest BCUT2D eigenvalue weighted by Gasteiger charge is -2.41. The van der Waals surface area contributed by atoms with Gasteiger partial charge in [-0.05, 0) is 19.3 Å². The molecule has 8 heteroatoms. The molecule has 1 amide bonds. The molecular formula is C11H12N2O5S. The van der Waals surface area contributed by atoms with Crippen molar-refractivity contribution >= 4 is 28.2 Å². The van der Waals surface area contributed by atoms with Crippen molar-refractivity contribution in [2.24, 2.45) is 0 Å². The number of carboxylic acid groups (broad SMARTS) is 1. The quantitative estimate of drug-likeness (QED) is 0.632. The first-order valence-corrected chi connectivity index (χ1v) is 6.57. The summed E-state index contributed by atoms with van der Waals surface area (Å²) in [6.07, 6.45) is 2.00. The molecule has 2 N–H and O–H groups in total. The Hall–Kier alpha value is -1.96. The van der Waals surface area contributed by atoms with Gasteiger partial charge in [0.15, 0.2) is 0 Å². The Bertz CT molecular complexity index is 535. The van der Waals surface area contributed by atoms with Crippen molar-refractivity contribution in [3.63, 3.8) is 0 Å². The fraction of sp³-hybridized carbons (Fsp3) is 0.455. The number of amides is 1. The molecule has 0 unspecified atom stereocenters. The van der Waals surface area contributed by atoms with Crippen molar-refractivity contribution < 1.29 is 19.6 Å². The number of rotatable bonds is 5. The van der Waals surface area contributed by atoms with Crippen molar-refractivity contribution in [2.75, 3.05) is 0 Å². The van der Waals surface area contributed by atoms with Crippen LogP contribution in [0.5, 0.6) is 0 Å². The Kier molecular flexibility index (Phi) is 3.52. The van der Waals surface area contributed by atoms with Crippen LogP contribution in [0.3, 0.4) is 0 Å². The van der Waals surface area contributed by atoms with Crippen LogP contribution in [-0.2, 0) is 4.79 Å². The third-order valence-electron chi connectivity index (χ3n) is 3.21. The highest BCUT2D eigenvalue weighted by atomic mass is 32.1. The van der Waals surface area contributed by atoms with Crippen LogP contribution in [0.4, 0.5) is 5.00 Å². The van der Waals surface area contributed by atoms with Gasteiger partial charge < -0.3 is 10.4 Å². The lowest BCUT2D eigenvalue weighted by atomic mass is 9.74. The molecule has 1 heterocycles. The van der Waals surface area contributed by atoms with E-state index in [-0.39, 0.29) is 17.0 Å². The third kappa shape index (κ3) is 2.90. The second-order valence-electron chi connectivity index (χ2n) is 4.59. The van der Waals surface area contributed by atoms with E-state index in [9.17, 15) is 19.7 Å². The van der Waals surface area contributed by atoms with Crippen molar-refractivity contribution in [3.05, 3.63) is 27.1 Å². The number of thiophene rings is 1. The Balaban J connectivity index is 2.07. The molecule has 1 aliphatic rings. The normalized spacial score (nSPS) is 16.4. The fourth-order valence-electron chi connectivity index (χ4n) is 2.09. The molecule has 1 aliphatic carbocycles. The summed E-state index contributed by atoms with van der Waals surface area (Å²) < 4.78 is 0. The highest BCUT2D eigenvalue weighted by molar-refractivity contribution is 7.13. The summed E-state index contributed by atoms with van der Waals surface area (Å²) in [6.45, 7) is 0. The van der Waals surface area contributed by atoms with Gasteiger partial charge in [-0.15, -0.1) is 0 Å². The molecular weight excluding hydrogens is 272 g/mol. The third-order valence-corrected chi connectivity index (χ3v) is 4.09. The molecule has 0 saturated heterocycles. The SMILES string of the molecule is O=C(O)CC1(NC(=O)c2csc([N+](=O)[O-])c2)CCC1. The maximum Gasteiger partial charge on any atom is 0.324 e. The second-order valence-corrected chi connectivity index (χ2v) is 5.48. The Morgan fingerprint density at radius 2 is 2.21 bits per heavy atom. The Labute approximate surface area is 112 Å². The Morgan fingerprint density at radius 3 is 2.63 bits per heavy atom. The lowest BCUT2D eigenvalue weighted by molar-refractivity contribution is -0.380. The van der Waals surface area contributed by atoms with Gasteiger partial charge in [0.25, 0.3) is 5.91 Å². The van der Waals surface area contributed by atoms with E-state index >= 15 is 0 Å². The summed E-state index contributed by atoms with van der Waals surface area (Å²) in [5, 5.41) is 23.4. The van der Waals surface area contributed by atoms with E-state index in [0.29, 0.717) is 12.8 Å². The largest absolute Gasteiger partial charge is 0.481 e. The minimum absolute atomic E-state index is 0.106. The molecule has 19 heavy (non-hydrogen) atoms. The molecule has 2 rings (SSSR count). The first-order valence-electron chi connectivity index (χ1n) is 5.69. The number of hydrogen-bond acceptors (Lipinski definition) is 5. The van der Waals surface area contributed by atoms with Gasteiger partial charge in [-0.3, -0.25) is 19.7 Å². The first-order chi connectivity index (χ1) is 8.92. The van der Waals surface area contributed by atoms with Crippen molar-refractivity contribution in [3.8, 4) is 0 Å². The van der Waals surface area contributed by atoms with Crippen LogP contribution >= 0.6 is 11.3 Å². The maximum absolute atomic E-state index is 12.0. The monoisotopic (exact) mass is 284 g/mol. The molecule has 1 fully saturated rings. The first kappa shape index (κ1) is 13.5. The number of aliphatic carboxylic acids is 1. The summed E-state index contributed by atoms with van der Waals surface area (Å²) in [4.78, 5) is 32.7. The highest BCUT2D eigenvalue weighted by Crippen LogP contribution is 2.35. The minimum atomic E-state index is -0.962. The zero-order chi connectivity index (χ0) is 14.0. The standard InChI is InChI=1S/C11H12N2O5S/c14-9(15)5-11(2-1-3-11)12-10(16)7-4-8(13(17)18)19-6-7/h4,6H,1-3,5H2,(H,12,16)(H,14,15). The molecule has 1 saturated carbocycles. The molecule has 7 nitrogen and oxygen atoms in total. The molecule has 102 valence electrons. The van der Waals surface area contributed by atoms with Gasteiger partial charge in [0, 0.05) is 11.4 Å². The predicted octanol–water partition coefficient (Wildman–Crippen LogP) is 1.78. The van der Waals surface area contributed by atoms with E-state index < -0.39 is 22.3 Å². The number of nitrogens with one attached hydrogen (secondary N) is 1. The molecule has 0 spiro atoms. The predicted molar refractivity (Wildman–Crippen MR) is 67.3 cm³/mol. The van der Waals surface area contributed by atoms with Crippen LogP contribution in [0.1, 0.15) is 36.0 Å². The number of carbonyl (C=O) groups excluding carboxylic acids is 1. The summed E-state index contributed by atoms with van der Waals surface area (Å²) >= 11 is 0.875. The van der Waals surface area contributed by atoms with Crippen molar-refractivity contribution in [2.45, 2.75) is 31.2 Å². The van der Waals surface area contributed by atoms with Gasteiger partial charge in [-0.2, -0.15) is 0 Å². The van der Waals surface area contributed by atoms with E-state index in [0.717, 1.165) is 17.8 Å². The van der Waals surface area contributed by atoms with Crippen LogP contribution in [-0.4, -0.2) is 27.4 Å². The summed E-state index contributed by atoms with van der Waals surface area (Å²) in [6, 6.07) is 1.20. The van der Waals surface area contributed by atoms with E-state index in [1.165, 1.54) is 11.4 Å². The molecule has 1 aromatic rings. The van der Waals surface area contributed by atoms with E-state index in [2.05, 4.69) is 5.32 Å². The van der Waals surface area contributed by atoms with E-state index in [1.807, 2.05) is 0 Å². The van der Waals surface area contributed by atoms with Crippen LogP contribution in [0.25, 0.3) is 0 Å². The number of nitrogens with zero attached hydrogens (tertiary/aromatic N) is 1. The number of carboxylic acids is 1. The second kappa shape index (κ2) is 4.96. The zero-order valence-corrected chi connectivity index (χ0v) is 10.7. The van der Waals surface area contributed by atoms with Crippen LogP contribution in [0, 0.1) is 10.1 Å². The van der Waals surface area contributed by atoms with Crippen molar-refractivity contribution in [1.82, 2.24) is 5.32 Å². The van der Waals surface area contributed by atoms with Crippen LogP contribution in [0.2, 0.25) is 0 Å². The molecule has 0 aliphatic heterocycles. The topological polar surface area (TPSA) is 110 Å². The lowest BCUT2D eigenvalue weighted by Crippen LogP contribution is -2.54. The summed E-state index contributed by atoms with van der Waals surface area (Å²) in [5.74, 6) is -1.42. The molecule has 1 aromatic heterocycles. The Morgan fingerprint density at radius 1 is 1.53 bits per heavy atom. The van der Waals surface area contributed by atoms with Gasteiger partial charge in [-0.25, -0.2) is 0 Å². The van der Waals surface area contributed by atoms with Gasteiger partial charge in [0.05, 0.1) is 22.4 Å². The molecule has 0 radical (unpaired) electrons. The van der Waals surface area contributed by atoms with E-state index in [1.54, 1.807) is 0 Å². The van der Waals surface area contributed by atoms with Gasteiger partial charge in [-0.1, -0.05) is 11.3 Å². The number of nitro groups is 1. The minimum Gasteiger partial charge on any atom is -0.481 e. The average molecular weight is 284 g/mol. The average Bonchev–Trinajstić information content (AvgIpc) is 2.74. The van der Waals surface area contributed by atoms with E-state index in [4.69, 9.17) is 5.11 Å². The molecule has 0 bridgehead atoms. The van der Waals surface area contributed by atoms with Gasteiger partial charge >= 0.3 is 11.0 Å². The van der Waals surface area contributed by atoms with Crippen molar-refractivity contribution in [1.29, 1.82) is 0 Å². The van der Waals surface area contributed by atoms with Crippen LogP contribution < -0.4 is 5.32 Å². The fourth-order valence-corrected chi connectivity index (χ4v) is 2.80. The number of hydrogen-bond donors (Lipinski definition) is 2. The summed E-state index contributed by atoms with van der Waals surface area (Å²) in [7, 11) is 0. The zero-order valence-electron chi connectivity index (χ0n) is 9.92. The maximum atomic E-state index is 12.0. The van der Waals surface area contributed by atoms with Gasteiger partial charge in [0.2, 0.25) is 0 Å². The van der Waals surface area contributed by atoms with Gasteiger partial charge in [0.1, 0.15) is 0 Å². The molecule has 0 aromatic carbocycles. The summed E-state index contributed by atoms with van der Waals surface area (Å²) in [5.41, 5.74) is -0.493.